The van der Waals surface area contributed by atoms with Gasteiger partial charge in [-0.15, -0.1) is 0 Å². The normalized spacial score (nSPS) is 18.1. The van der Waals surface area contributed by atoms with Gasteiger partial charge >= 0.3 is 0 Å². The fraction of sp³-hybridized carbons (Fsp3) is 0.611. The van der Waals surface area contributed by atoms with E-state index in [0.717, 1.165) is 31.5 Å². The Kier molecular flexibility index (Phi) is 4.98. The van der Waals surface area contributed by atoms with Crippen LogP contribution in [0.25, 0.3) is 0 Å². The quantitative estimate of drug-likeness (QED) is 0.773. The lowest BCUT2D eigenvalue weighted by Gasteiger charge is -2.35. The van der Waals surface area contributed by atoms with Crippen LogP contribution in [0, 0.1) is 5.41 Å². The van der Waals surface area contributed by atoms with E-state index in [0.29, 0.717) is 5.78 Å². The van der Waals surface area contributed by atoms with Crippen LogP contribution in [-0.4, -0.2) is 23.8 Å². The molecule has 1 aliphatic heterocycles. The van der Waals surface area contributed by atoms with Crippen molar-refractivity contribution in [1.82, 2.24) is 4.90 Å². The molecule has 110 valence electrons. The second-order valence-corrected chi connectivity index (χ2v) is 6.19. The first-order valence-corrected chi connectivity index (χ1v) is 7.95. The van der Waals surface area contributed by atoms with E-state index in [1.54, 1.807) is 0 Å². The van der Waals surface area contributed by atoms with Crippen LogP contribution in [0.15, 0.2) is 30.3 Å². The molecule has 1 fully saturated rings. The zero-order chi connectivity index (χ0) is 14.6. The molecular formula is C18H27NO. The van der Waals surface area contributed by atoms with Gasteiger partial charge in [0, 0.05) is 5.41 Å². The Morgan fingerprint density at radius 3 is 2.20 bits per heavy atom. The molecule has 0 N–H and O–H groups in total. The van der Waals surface area contributed by atoms with E-state index < -0.39 is 0 Å². The van der Waals surface area contributed by atoms with Crippen molar-refractivity contribution in [1.29, 1.82) is 0 Å². The van der Waals surface area contributed by atoms with Gasteiger partial charge < -0.3 is 0 Å². The molecule has 2 rings (SSSR count). The molecule has 2 heteroatoms. The van der Waals surface area contributed by atoms with Crippen LogP contribution in [0.1, 0.15) is 58.1 Å². The van der Waals surface area contributed by atoms with E-state index in [4.69, 9.17) is 0 Å². The smallest absolute Gasteiger partial charge is 0.160 e. The number of hydrogen-bond donors (Lipinski definition) is 0. The lowest BCUT2D eigenvalue weighted by molar-refractivity contribution is -0.134. The highest BCUT2D eigenvalue weighted by atomic mass is 16.1. The van der Waals surface area contributed by atoms with Crippen LogP contribution in [-0.2, 0) is 4.79 Å². The van der Waals surface area contributed by atoms with E-state index in [2.05, 4.69) is 37.8 Å². The number of carbonyl (C=O) groups excluding carboxylic acids is 1. The summed E-state index contributed by atoms with van der Waals surface area (Å²) in [4.78, 5) is 15.5. The summed E-state index contributed by atoms with van der Waals surface area (Å²) in [6.45, 7) is 8.49. The van der Waals surface area contributed by atoms with Crippen LogP contribution in [0.4, 0.5) is 0 Å². The van der Waals surface area contributed by atoms with Crippen molar-refractivity contribution >= 4 is 5.78 Å². The van der Waals surface area contributed by atoms with Crippen molar-refractivity contribution in [2.45, 2.75) is 52.5 Å². The number of likely N-dealkylation sites (tertiary alicyclic amines) is 1. The second-order valence-electron chi connectivity index (χ2n) is 6.19. The molecule has 20 heavy (non-hydrogen) atoms. The predicted octanol–water partition coefficient (Wildman–Crippen LogP) is 4.22. The number of rotatable bonds is 6. The van der Waals surface area contributed by atoms with Gasteiger partial charge in [-0.3, -0.25) is 9.69 Å². The van der Waals surface area contributed by atoms with Gasteiger partial charge in [0.05, 0.1) is 6.04 Å². The predicted molar refractivity (Wildman–Crippen MR) is 83.7 cm³/mol. The number of Topliss-reactive ketones (excluding diaryl/α,β-unsaturated/α-hetero) is 1. The maximum Gasteiger partial charge on any atom is 0.160 e. The SMILES string of the molecule is CCC(C)(CC)C(=O)[C@@H](c1ccccc1)N1CCCC1. The minimum atomic E-state index is -0.205. The maximum atomic E-state index is 13.2. The zero-order valence-electron chi connectivity index (χ0n) is 13.1. The van der Waals surface area contributed by atoms with Crippen LogP contribution in [0.3, 0.4) is 0 Å². The number of ketones is 1. The monoisotopic (exact) mass is 273 g/mol. The van der Waals surface area contributed by atoms with Gasteiger partial charge in [-0.1, -0.05) is 51.1 Å². The van der Waals surface area contributed by atoms with Crippen LogP contribution < -0.4 is 0 Å². The van der Waals surface area contributed by atoms with Crippen LogP contribution in [0.2, 0.25) is 0 Å². The zero-order valence-corrected chi connectivity index (χ0v) is 13.1. The second kappa shape index (κ2) is 6.53. The highest BCUT2D eigenvalue weighted by molar-refractivity contribution is 5.90. The van der Waals surface area contributed by atoms with Crippen molar-refractivity contribution in [3.8, 4) is 0 Å². The minimum absolute atomic E-state index is 0.0522. The summed E-state index contributed by atoms with van der Waals surface area (Å²) >= 11 is 0. The third kappa shape index (κ3) is 2.95. The minimum Gasteiger partial charge on any atom is -0.297 e. The Labute approximate surface area is 123 Å². The summed E-state index contributed by atoms with van der Waals surface area (Å²) in [6.07, 6.45) is 4.26. The first kappa shape index (κ1) is 15.2. The average Bonchev–Trinajstić information content (AvgIpc) is 3.01. The van der Waals surface area contributed by atoms with Gasteiger partial charge in [-0.2, -0.15) is 0 Å². The van der Waals surface area contributed by atoms with E-state index in [-0.39, 0.29) is 11.5 Å². The van der Waals surface area contributed by atoms with Gasteiger partial charge in [0.15, 0.2) is 5.78 Å². The Hall–Kier alpha value is -1.15. The van der Waals surface area contributed by atoms with Crippen molar-refractivity contribution in [3.05, 3.63) is 35.9 Å². The molecule has 1 aromatic carbocycles. The Morgan fingerprint density at radius 2 is 1.70 bits per heavy atom. The van der Waals surface area contributed by atoms with Crippen molar-refractivity contribution in [2.24, 2.45) is 5.41 Å². The third-order valence-corrected chi connectivity index (χ3v) is 5.02. The fourth-order valence-electron chi connectivity index (χ4n) is 3.09. The standard InChI is InChI=1S/C18H27NO/c1-4-18(3,5-2)17(20)16(19-13-9-10-14-19)15-11-7-6-8-12-15/h6-8,11-12,16H,4-5,9-10,13-14H2,1-3H3/t16-/m1/s1. The fourth-order valence-corrected chi connectivity index (χ4v) is 3.09. The summed E-state index contributed by atoms with van der Waals surface area (Å²) in [5.41, 5.74) is 0.954. The van der Waals surface area contributed by atoms with Gasteiger partial charge in [-0.25, -0.2) is 0 Å². The summed E-state index contributed by atoms with van der Waals surface area (Å²) in [5.74, 6) is 0.399. The van der Waals surface area contributed by atoms with Crippen molar-refractivity contribution in [3.63, 3.8) is 0 Å². The molecule has 0 aliphatic carbocycles. The van der Waals surface area contributed by atoms with E-state index in [1.807, 2.05) is 18.2 Å². The third-order valence-electron chi connectivity index (χ3n) is 5.02. The molecule has 0 unspecified atom stereocenters. The topological polar surface area (TPSA) is 20.3 Å². The lowest BCUT2D eigenvalue weighted by Crippen LogP contribution is -2.40. The molecule has 1 saturated heterocycles. The molecule has 1 heterocycles. The van der Waals surface area contributed by atoms with Crippen molar-refractivity contribution in [2.75, 3.05) is 13.1 Å². The molecule has 1 aliphatic rings. The maximum absolute atomic E-state index is 13.2. The Balaban J connectivity index is 2.34. The number of hydrogen-bond acceptors (Lipinski definition) is 2. The highest BCUT2D eigenvalue weighted by Gasteiger charge is 2.39. The number of nitrogens with zero attached hydrogens (tertiary/aromatic N) is 1. The summed E-state index contributed by atoms with van der Waals surface area (Å²) in [6, 6.07) is 10.3. The van der Waals surface area contributed by atoms with Gasteiger partial charge in [0.2, 0.25) is 0 Å². The van der Waals surface area contributed by atoms with E-state index in [1.165, 1.54) is 12.8 Å². The lowest BCUT2D eigenvalue weighted by atomic mass is 9.76. The number of benzene rings is 1. The van der Waals surface area contributed by atoms with Gasteiger partial charge in [0.25, 0.3) is 0 Å². The van der Waals surface area contributed by atoms with Gasteiger partial charge in [-0.05, 0) is 44.3 Å². The molecule has 0 bridgehead atoms. The largest absolute Gasteiger partial charge is 0.297 e. The molecule has 0 amide bonds. The molecule has 0 spiro atoms. The molecule has 1 atom stereocenters. The first-order valence-electron chi connectivity index (χ1n) is 7.95. The summed E-state index contributed by atoms with van der Waals surface area (Å²) < 4.78 is 0. The first-order chi connectivity index (χ1) is 9.62. The van der Waals surface area contributed by atoms with Crippen LogP contribution in [0.5, 0.6) is 0 Å². The number of carbonyl (C=O) groups is 1. The Bertz CT molecular complexity index is 430. The highest BCUT2D eigenvalue weighted by Crippen LogP contribution is 2.36. The molecule has 0 radical (unpaired) electrons. The summed E-state index contributed by atoms with van der Waals surface area (Å²) in [5, 5.41) is 0. The molecular weight excluding hydrogens is 246 g/mol. The molecule has 0 aromatic heterocycles. The van der Waals surface area contributed by atoms with E-state index in [9.17, 15) is 4.79 Å². The summed E-state index contributed by atoms with van der Waals surface area (Å²) in [7, 11) is 0. The van der Waals surface area contributed by atoms with Crippen LogP contribution >= 0.6 is 0 Å². The molecule has 1 aromatic rings. The molecule has 2 nitrogen and oxygen atoms in total. The Morgan fingerprint density at radius 1 is 1.15 bits per heavy atom. The average molecular weight is 273 g/mol. The van der Waals surface area contributed by atoms with Crippen molar-refractivity contribution < 1.29 is 4.79 Å². The molecule has 0 saturated carbocycles. The van der Waals surface area contributed by atoms with E-state index >= 15 is 0 Å². The van der Waals surface area contributed by atoms with Gasteiger partial charge in [0.1, 0.15) is 0 Å².